The molecule has 0 fully saturated rings. The molecule has 4 heterocycles. The van der Waals surface area contributed by atoms with Crippen LogP contribution < -0.4 is 0 Å². The Morgan fingerprint density at radius 3 is 1.91 bits per heavy atom. The average Bonchev–Trinajstić information content (AvgIpc) is 3.85. The van der Waals surface area contributed by atoms with Crippen LogP contribution in [0.1, 0.15) is 0 Å². The van der Waals surface area contributed by atoms with Gasteiger partial charge in [0.05, 0.1) is 32.3 Å². The van der Waals surface area contributed by atoms with Crippen LogP contribution >= 0.6 is 22.7 Å². The van der Waals surface area contributed by atoms with E-state index in [-0.39, 0.29) is 0 Å². The summed E-state index contributed by atoms with van der Waals surface area (Å²) in [7, 11) is 0. The zero-order valence-electron chi connectivity index (χ0n) is 24.4. The zero-order chi connectivity index (χ0) is 29.9. The van der Waals surface area contributed by atoms with Gasteiger partial charge in [0.1, 0.15) is 0 Å². The van der Waals surface area contributed by atoms with Crippen molar-refractivity contribution in [2.75, 3.05) is 0 Å². The van der Waals surface area contributed by atoms with E-state index in [1.807, 2.05) is 11.3 Å². The molecule has 214 valence electrons. The summed E-state index contributed by atoms with van der Waals surface area (Å²) in [6.07, 6.45) is 0. The number of fused-ring (bicyclic) bond motifs is 12. The van der Waals surface area contributed by atoms with Crippen molar-refractivity contribution in [1.29, 1.82) is 0 Å². The number of rotatable bonds is 2. The van der Waals surface area contributed by atoms with Crippen LogP contribution in [0.2, 0.25) is 0 Å². The molecule has 0 bridgehead atoms. The minimum Gasteiger partial charge on any atom is -0.309 e. The van der Waals surface area contributed by atoms with Gasteiger partial charge in [0.25, 0.3) is 0 Å². The molecule has 0 atom stereocenters. The van der Waals surface area contributed by atoms with Gasteiger partial charge in [-0.1, -0.05) is 90.2 Å². The molecule has 11 rings (SSSR count). The van der Waals surface area contributed by atoms with Crippen LogP contribution in [0.4, 0.5) is 0 Å². The van der Waals surface area contributed by atoms with Crippen LogP contribution in [-0.4, -0.2) is 14.1 Å². The van der Waals surface area contributed by atoms with E-state index in [1.165, 1.54) is 79.3 Å². The van der Waals surface area contributed by atoms with E-state index in [4.69, 9.17) is 4.98 Å². The fourth-order valence-electron chi connectivity index (χ4n) is 7.52. The van der Waals surface area contributed by atoms with Gasteiger partial charge in [-0.15, -0.1) is 11.3 Å². The predicted molar refractivity (Wildman–Crippen MR) is 199 cm³/mol. The number of thiazole rings is 1. The lowest BCUT2D eigenvalue weighted by Crippen LogP contribution is -1.95. The van der Waals surface area contributed by atoms with Crippen molar-refractivity contribution in [3.63, 3.8) is 0 Å². The number of hydrogen-bond donors (Lipinski definition) is 0. The van der Waals surface area contributed by atoms with E-state index in [0.29, 0.717) is 0 Å². The SMILES string of the molecule is c1ccc2cc3c(cc2c1)c1ccccc1n3-c1ccc2c(c1)c1ccccc1n2-c1nc2ccc3sc4ccccc4c3c2s1. The Morgan fingerprint density at radius 2 is 1.09 bits per heavy atom. The zero-order valence-corrected chi connectivity index (χ0v) is 26.1. The second-order valence-electron chi connectivity index (χ2n) is 12.0. The third-order valence-corrected chi connectivity index (χ3v) is 11.7. The van der Waals surface area contributed by atoms with Crippen molar-refractivity contribution < 1.29 is 0 Å². The van der Waals surface area contributed by atoms with Crippen LogP contribution in [0, 0.1) is 0 Å². The Morgan fingerprint density at radius 1 is 0.435 bits per heavy atom. The van der Waals surface area contributed by atoms with Gasteiger partial charge < -0.3 is 4.57 Å². The fourth-order valence-corrected chi connectivity index (χ4v) is 9.85. The molecule has 0 saturated carbocycles. The standard InChI is InChI=1S/C41H23N3S2/c1-2-10-25-22-36-30(21-24(25)9-1)27-11-3-6-14-33(27)43(36)26-17-19-35-31(23-26)28-12-4-7-15-34(28)44(35)41-42-32-18-20-38-39(40(32)46-41)29-13-5-8-16-37(29)45-38/h1-23H. The molecule has 46 heavy (non-hydrogen) atoms. The first-order valence-corrected chi connectivity index (χ1v) is 17.1. The molecule has 0 amide bonds. The molecule has 0 saturated heterocycles. The lowest BCUT2D eigenvalue weighted by molar-refractivity contribution is 1.14. The third-order valence-electron chi connectivity index (χ3n) is 9.53. The van der Waals surface area contributed by atoms with Crippen molar-refractivity contribution in [3.05, 3.63) is 140 Å². The van der Waals surface area contributed by atoms with E-state index in [9.17, 15) is 0 Å². The van der Waals surface area contributed by atoms with E-state index in [2.05, 4.69) is 149 Å². The maximum absolute atomic E-state index is 5.26. The molecule has 0 aliphatic heterocycles. The summed E-state index contributed by atoms with van der Waals surface area (Å²) in [5.41, 5.74) is 6.99. The molecule has 0 aliphatic carbocycles. The smallest absolute Gasteiger partial charge is 0.195 e. The molecule has 4 aromatic heterocycles. The minimum absolute atomic E-state index is 1.00. The van der Waals surface area contributed by atoms with Gasteiger partial charge in [-0.05, 0) is 71.4 Å². The summed E-state index contributed by atoms with van der Waals surface area (Å²) in [6, 6.07) is 50.9. The number of para-hydroxylation sites is 2. The molecular formula is C41H23N3S2. The van der Waals surface area contributed by atoms with Crippen molar-refractivity contribution in [1.82, 2.24) is 14.1 Å². The van der Waals surface area contributed by atoms with Crippen LogP contribution in [0.25, 0.3) is 95.6 Å². The highest BCUT2D eigenvalue weighted by atomic mass is 32.1. The second kappa shape index (κ2) is 9.04. The van der Waals surface area contributed by atoms with Crippen LogP contribution in [0.15, 0.2) is 140 Å². The lowest BCUT2D eigenvalue weighted by atomic mass is 10.1. The largest absolute Gasteiger partial charge is 0.309 e. The van der Waals surface area contributed by atoms with Crippen molar-refractivity contribution in [2.24, 2.45) is 0 Å². The van der Waals surface area contributed by atoms with Crippen molar-refractivity contribution in [3.8, 4) is 10.8 Å². The molecule has 0 spiro atoms. The molecular weight excluding hydrogens is 599 g/mol. The normalized spacial score (nSPS) is 12.3. The van der Waals surface area contributed by atoms with Gasteiger partial charge in [-0.2, -0.15) is 0 Å². The number of hydrogen-bond acceptors (Lipinski definition) is 3. The Bertz CT molecular complexity index is 3040. The summed E-state index contributed by atoms with van der Waals surface area (Å²) < 4.78 is 8.68. The monoisotopic (exact) mass is 621 g/mol. The predicted octanol–water partition coefficient (Wildman–Crippen LogP) is 12.0. The summed E-state index contributed by atoms with van der Waals surface area (Å²) in [4.78, 5) is 5.26. The minimum atomic E-state index is 1.00. The Hall–Kier alpha value is -5.49. The quantitative estimate of drug-likeness (QED) is 0.188. The van der Waals surface area contributed by atoms with E-state index in [0.717, 1.165) is 16.3 Å². The number of thiophene rings is 1. The molecule has 0 aliphatic rings. The first kappa shape index (κ1) is 24.8. The maximum atomic E-state index is 5.26. The van der Waals surface area contributed by atoms with Gasteiger partial charge >= 0.3 is 0 Å². The highest BCUT2D eigenvalue weighted by Gasteiger charge is 2.20. The summed E-state index contributed by atoms with van der Waals surface area (Å²) in [5.74, 6) is 0. The van der Waals surface area contributed by atoms with Gasteiger partial charge in [0.2, 0.25) is 0 Å². The Balaban J connectivity index is 1.19. The number of benzene rings is 7. The summed E-state index contributed by atoms with van der Waals surface area (Å²) >= 11 is 3.65. The molecule has 0 radical (unpaired) electrons. The van der Waals surface area contributed by atoms with E-state index in [1.54, 1.807) is 11.3 Å². The number of nitrogens with zero attached hydrogens (tertiary/aromatic N) is 3. The summed E-state index contributed by atoms with van der Waals surface area (Å²) in [5, 5.41) is 11.2. The van der Waals surface area contributed by atoms with Gasteiger partial charge in [0.15, 0.2) is 5.13 Å². The topological polar surface area (TPSA) is 22.8 Å². The first-order valence-electron chi connectivity index (χ1n) is 15.5. The number of aromatic nitrogens is 3. The highest BCUT2D eigenvalue weighted by Crippen LogP contribution is 2.43. The first-order chi connectivity index (χ1) is 22.8. The maximum Gasteiger partial charge on any atom is 0.195 e. The lowest BCUT2D eigenvalue weighted by Gasteiger charge is -2.10. The van der Waals surface area contributed by atoms with Gasteiger partial charge in [0, 0.05) is 47.4 Å². The van der Waals surface area contributed by atoms with Crippen LogP contribution in [0.5, 0.6) is 0 Å². The van der Waals surface area contributed by atoms with Crippen molar-refractivity contribution in [2.45, 2.75) is 0 Å². The second-order valence-corrected chi connectivity index (χ2v) is 14.1. The average molecular weight is 622 g/mol. The highest BCUT2D eigenvalue weighted by molar-refractivity contribution is 7.28. The third kappa shape index (κ3) is 3.28. The van der Waals surface area contributed by atoms with E-state index >= 15 is 0 Å². The summed E-state index contributed by atoms with van der Waals surface area (Å²) in [6.45, 7) is 0. The Labute approximate surface area is 270 Å². The van der Waals surface area contributed by atoms with Gasteiger partial charge in [-0.25, -0.2) is 4.98 Å². The van der Waals surface area contributed by atoms with Gasteiger partial charge in [-0.3, -0.25) is 4.57 Å². The van der Waals surface area contributed by atoms with Crippen LogP contribution in [-0.2, 0) is 0 Å². The van der Waals surface area contributed by atoms with Crippen LogP contribution in [0.3, 0.4) is 0 Å². The van der Waals surface area contributed by atoms with Crippen molar-refractivity contribution >= 4 is 107 Å². The molecule has 5 heteroatoms. The molecule has 3 nitrogen and oxygen atoms in total. The Kier molecular flexibility index (Phi) is 4.87. The molecule has 0 N–H and O–H groups in total. The molecule has 7 aromatic carbocycles. The molecule has 0 unspecified atom stereocenters. The molecule has 11 aromatic rings. The van der Waals surface area contributed by atoms with E-state index < -0.39 is 0 Å². The fraction of sp³-hybridized carbons (Fsp3) is 0.